The third kappa shape index (κ3) is 4.97. The Labute approximate surface area is 168 Å². The van der Waals surface area contributed by atoms with Crippen molar-refractivity contribution in [3.63, 3.8) is 0 Å². The quantitative estimate of drug-likeness (QED) is 0.844. The summed E-state index contributed by atoms with van der Waals surface area (Å²) in [5, 5.41) is 6.61. The SMILES string of the molecule is Cc1nn(C)cc1CC(=O)Nc1cc(C(=O)N2CCCN(C)CC2)c(F)cc1F. The monoisotopic (exact) mass is 405 g/mol. The van der Waals surface area contributed by atoms with Crippen LogP contribution >= 0.6 is 0 Å². The molecular weight excluding hydrogens is 380 g/mol. The molecule has 3 rings (SSSR count). The smallest absolute Gasteiger partial charge is 0.256 e. The molecule has 1 aromatic carbocycles. The van der Waals surface area contributed by atoms with Gasteiger partial charge in [0.15, 0.2) is 0 Å². The fraction of sp³-hybridized carbons (Fsp3) is 0.450. The number of anilines is 1. The van der Waals surface area contributed by atoms with Crippen LogP contribution in [0.2, 0.25) is 0 Å². The van der Waals surface area contributed by atoms with Gasteiger partial charge in [0, 0.05) is 44.5 Å². The minimum absolute atomic E-state index is 0.00176. The van der Waals surface area contributed by atoms with E-state index in [0.717, 1.165) is 19.0 Å². The number of aryl methyl sites for hydroxylation is 2. The Morgan fingerprint density at radius 1 is 1.10 bits per heavy atom. The van der Waals surface area contributed by atoms with Gasteiger partial charge in [-0.3, -0.25) is 14.3 Å². The van der Waals surface area contributed by atoms with Gasteiger partial charge in [0.05, 0.1) is 23.4 Å². The molecule has 7 nitrogen and oxygen atoms in total. The maximum Gasteiger partial charge on any atom is 0.256 e. The standard InChI is InChI=1S/C20H25F2N5O2/c1-13-14(12-26(3)24-13)9-19(28)23-18-10-15(16(21)11-17(18)22)20(29)27-6-4-5-25(2)7-8-27/h10-12H,4-9H2,1-3H3,(H,23,28). The van der Waals surface area contributed by atoms with Gasteiger partial charge in [0.1, 0.15) is 11.6 Å². The molecule has 2 amide bonds. The van der Waals surface area contributed by atoms with Crippen LogP contribution in [-0.4, -0.2) is 64.6 Å². The molecular formula is C20H25F2N5O2. The lowest BCUT2D eigenvalue weighted by atomic mass is 10.1. The summed E-state index contributed by atoms with van der Waals surface area (Å²) in [5.74, 6) is -2.84. The molecule has 1 N–H and O–H groups in total. The number of carbonyl (C=O) groups is 2. The minimum atomic E-state index is -0.939. The lowest BCUT2D eigenvalue weighted by molar-refractivity contribution is -0.115. The Hall–Kier alpha value is -2.81. The first-order valence-electron chi connectivity index (χ1n) is 9.50. The Bertz CT molecular complexity index is 928. The molecule has 0 bridgehead atoms. The molecule has 1 aromatic heterocycles. The highest BCUT2D eigenvalue weighted by molar-refractivity contribution is 5.98. The molecule has 1 fully saturated rings. The van der Waals surface area contributed by atoms with Gasteiger partial charge in [-0.25, -0.2) is 8.78 Å². The van der Waals surface area contributed by atoms with E-state index < -0.39 is 23.4 Å². The fourth-order valence-corrected chi connectivity index (χ4v) is 3.42. The molecule has 0 radical (unpaired) electrons. The summed E-state index contributed by atoms with van der Waals surface area (Å²) in [7, 11) is 3.70. The molecule has 156 valence electrons. The van der Waals surface area contributed by atoms with Crippen LogP contribution in [0.25, 0.3) is 0 Å². The zero-order valence-electron chi connectivity index (χ0n) is 16.8. The highest BCUT2D eigenvalue weighted by atomic mass is 19.1. The van der Waals surface area contributed by atoms with Gasteiger partial charge in [-0.15, -0.1) is 0 Å². The summed E-state index contributed by atoms with van der Waals surface area (Å²) in [6, 6.07) is 1.72. The predicted octanol–water partition coefficient (Wildman–Crippen LogP) is 1.97. The molecule has 2 aromatic rings. The number of halogens is 2. The number of benzene rings is 1. The number of likely N-dealkylation sites (N-methyl/N-ethyl adjacent to an activating group) is 1. The summed E-state index contributed by atoms with van der Waals surface area (Å²) in [5.41, 5.74) is 0.943. The zero-order chi connectivity index (χ0) is 21.1. The van der Waals surface area contributed by atoms with E-state index in [1.54, 1.807) is 29.7 Å². The first kappa shape index (κ1) is 20.9. The molecule has 1 aliphatic rings. The van der Waals surface area contributed by atoms with E-state index >= 15 is 0 Å². The molecule has 0 aliphatic carbocycles. The van der Waals surface area contributed by atoms with Crippen LogP contribution in [0.15, 0.2) is 18.3 Å². The number of nitrogens with one attached hydrogen (secondary N) is 1. The molecule has 1 aliphatic heterocycles. The van der Waals surface area contributed by atoms with Crippen molar-refractivity contribution in [2.75, 3.05) is 38.5 Å². The van der Waals surface area contributed by atoms with Crippen LogP contribution in [-0.2, 0) is 18.3 Å². The normalized spacial score (nSPS) is 15.3. The van der Waals surface area contributed by atoms with Crippen molar-refractivity contribution >= 4 is 17.5 Å². The summed E-state index contributed by atoms with van der Waals surface area (Å²) in [6.07, 6.45) is 2.48. The van der Waals surface area contributed by atoms with Gasteiger partial charge in [0.2, 0.25) is 5.91 Å². The number of carbonyl (C=O) groups excluding carboxylic acids is 2. The van der Waals surface area contributed by atoms with Crippen LogP contribution in [0.4, 0.5) is 14.5 Å². The molecule has 0 spiro atoms. The Kier molecular flexibility index (Phi) is 6.26. The highest BCUT2D eigenvalue weighted by Crippen LogP contribution is 2.22. The predicted molar refractivity (Wildman–Crippen MR) is 105 cm³/mol. The lowest BCUT2D eigenvalue weighted by Crippen LogP contribution is -2.35. The number of hydrogen-bond donors (Lipinski definition) is 1. The zero-order valence-corrected chi connectivity index (χ0v) is 16.8. The van der Waals surface area contributed by atoms with E-state index in [9.17, 15) is 18.4 Å². The summed E-state index contributed by atoms with van der Waals surface area (Å²) >= 11 is 0. The molecule has 29 heavy (non-hydrogen) atoms. The molecule has 0 atom stereocenters. The van der Waals surface area contributed by atoms with Crippen molar-refractivity contribution in [3.8, 4) is 0 Å². The number of nitrogens with zero attached hydrogens (tertiary/aromatic N) is 4. The van der Waals surface area contributed by atoms with Crippen LogP contribution in [0, 0.1) is 18.6 Å². The van der Waals surface area contributed by atoms with Gasteiger partial charge in [0.25, 0.3) is 5.91 Å². The molecule has 0 unspecified atom stereocenters. The minimum Gasteiger partial charge on any atom is -0.337 e. The average molecular weight is 405 g/mol. The third-order valence-corrected chi connectivity index (χ3v) is 5.03. The molecule has 0 saturated carbocycles. The van der Waals surface area contributed by atoms with Gasteiger partial charge in [-0.1, -0.05) is 0 Å². The lowest BCUT2D eigenvalue weighted by Gasteiger charge is -2.21. The van der Waals surface area contributed by atoms with Crippen LogP contribution in [0.3, 0.4) is 0 Å². The maximum atomic E-state index is 14.3. The van der Waals surface area contributed by atoms with Crippen molar-refractivity contribution < 1.29 is 18.4 Å². The highest BCUT2D eigenvalue weighted by Gasteiger charge is 2.24. The maximum absolute atomic E-state index is 14.3. The van der Waals surface area contributed by atoms with E-state index in [4.69, 9.17) is 0 Å². The van der Waals surface area contributed by atoms with E-state index in [1.807, 2.05) is 7.05 Å². The van der Waals surface area contributed by atoms with E-state index in [0.29, 0.717) is 37.0 Å². The Balaban J connectivity index is 1.77. The number of amides is 2. The van der Waals surface area contributed by atoms with Gasteiger partial charge >= 0.3 is 0 Å². The van der Waals surface area contributed by atoms with Crippen molar-refractivity contribution in [2.45, 2.75) is 19.8 Å². The number of rotatable bonds is 4. The first-order chi connectivity index (χ1) is 13.7. The Morgan fingerprint density at radius 3 is 2.55 bits per heavy atom. The average Bonchev–Trinajstić information content (AvgIpc) is 2.83. The molecule has 9 heteroatoms. The van der Waals surface area contributed by atoms with E-state index in [-0.39, 0.29) is 17.7 Å². The third-order valence-electron chi connectivity index (χ3n) is 5.03. The van der Waals surface area contributed by atoms with E-state index in [1.165, 1.54) is 0 Å². The van der Waals surface area contributed by atoms with Crippen LogP contribution < -0.4 is 5.32 Å². The number of hydrogen-bond acceptors (Lipinski definition) is 4. The van der Waals surface area contributed by atoms with Crippen LogP contribution in [0.1, 0.15) is 28.0 Å². The van der Waals surface area contributed by atoms with Crippen molar-refractivity contribution in [1.82, 2.24) is 19.6 Å². The topological polar surface area (TPSA) is 70.5 Å². The summed E-state index contributed by atoms with van der Waals surface area (Å²) in [6.45, 7) is 4.28. The second kappa shape index (κ2) is 8.69. The summed E-state index contributed by atoms with van der Waals surface area (Å²) in [4.78, 5) is 28.8. The summed E-state index contributed by atoms with van der Waals surface area (Å²) < 4.78 is 30.2. The second-order valence-electron chi connectivity index (χ2n) is 7.40. The molecule has 2 heterocycles. The Morgan fingerprint density at radius 2 is 1.86 bits per heavy atom. The fourth-order valence-electron chi connectivity index (χ4n) is 3.42. The first-order valence-corrected chi connectivity index (χ1v) is 9.50. The van der Waals surface area contributed by atoms with Crippen molar-refractivity contribution in [2.24, 2.45) is 7.05 Å². The van der Waals surface area contributed by atoms with Gasteiger partial charge in [-0.2, -0.15) is 5.10 Å². The largest absolute Gasteiger partial charge is 0.337 e. The number of aromatic nitrogens is 2. The van der Waals surface area contributed by atoms with Crippen LogP contribution in [0.5, 0.6) is 0 Å². The van der Waals surface area contributed by atoms with E-state index in [2.05, 4.69) is 15.3 Å². The van der Waals surface area contributed by atoms with Gasteiger partial charge in [-0.05, 0) is 33.0 Å². The molecule has 1 saturated heterocycles. The van der Waals surface area contributed by atoms with Crippen molar-refractivity contribution in [3.05, 3.63) is 46.8 Å². The van der Waals surface area contributed by atoms with Crippen molar-refractivity contribution in [1.29, 1.82) is 0 Å². The van der Waals surface area contributed by atoms with Gasteiger partial charge < -0.3 is 15.1 Å². The second-order valence-corrected chi connectivity index (χ2v) is 7.40.